The molecule has 0 aliphatic carbocycles. The van der Waals surface area contributed by atoms with E-state index >= 15 is 0 Å². The average molecular weight is 242 g/mol. The van der Waals surface area contributed by atoms with E-state index in [4.69, 9.17) is 5.11 Å². The van der Waals surface area contributed by atoms with Gasteiger partial charge in [0.2, 0.25) is 0 Å². The fraction of sp³-hybridized carbons (Fsp3) is 1.00. The minimum atomic E-state index is -5.22. The molecule has 7 heavy (non-hydrogen) atoms. The van der Waals surface area contributed by atoms with Crippen LogP contribution < -0.4 is 0 Å². The van der Waals surface area contributed by atoms with Crippen molar-refractivity contribution in [1.29, 1.82) is 0 Å². The van der Waals surface area contributed by atoms with E-state index in [1.165, 1.54) is 0 Å². The fourth-order valence-corrected chi connectivity index (χ4v) is 0. The first-order chi connectivity index (χ1) is 3.15. The second-order valence-corrected chi connectivity index (χ2v) is 2.12. The molecular formula is C2H6F3LaO. The van der Waals surface area contributed by atoms with Crippen LogP contribution in [0.2, 0.25) is 0 Å². The summed E-state index contributed by atoms with van der Waals surface area (Å²) in [7, 11) is 0. The predicted molar refractivity (Wildman–Crippen MR) is 16.1 cm³/mol. The molecule has 0 amide bonds. The third kappa shape index (κ3) is 190. The fourth-order valence-electron chi connectivity index (χ4n) is 0. The van der Waals surface area contributed by atoms with E-state index in [0.717, 1.165) is 0 Å². The standard InChI is InChI=1S/C2H6O.3FH.La/c1-2-3;;;;/h3H,2H2,1H3;3*1H;/q;;;;+3/p-3. The minimum absolute atomic E-state index is 0.250. The van der Waals surface area contributed by atoms with Gasteiger partial charge >= 0.3 is 37.1 Å². The molecule has 1 N–H and O–H groups in total. The molecule has 0 aromatic carbocycles. The summed E-state index contributed by atoms with van der Waals surface area (Å²) in [6.07, 6.45) is 0. The van der Waals surface area contributed by atoms with Gasteiger partial charge in [-0.05, 0) is 6.92 Å². The summed E-state index contributed by atoms with van der Waals surface area (Å²) in [5, 5.41) is 7.57. The molecule has 0 aliphatic heterocycles. The van der Waals surface area contributed by atoms with Crippen molar-refractivity contribution in [3.63, 3.8) is 0 Å². The Balaban J connectivity index is 0. The summed E-state index contributed by atoms with van der Waals surface area (Å²) in [6.45, 7) is 1.93. The number of halogens is 3. The van der Waals surface area contributed by atoms with Crippen molar-refractivity contribution >= 4 is 0 Å². The van der Waals surface area contributed by atoms with Crippen molar-refractivity contribution in [3.8, 4) is 0 Å². The number of hydrogen-bond donors (Lipinski definition) is 1. The normalized spacial score (nSPS) is 6.43. The Morgan fingerprint density at radius 3 is 1.43 bits per heavy atom. The zero-order valence-electron chi connectivity index (χ0n) is 3.87. The van der Waals surface area contributed by atoms with Gasteiger partial charge in [0.05, 0.1) is 0 Å². The van der Waals surface area contributed by atoms with E-state index in [1.807, 2.05) is 0 Å². The molecule has 0 saturated heterocycles. The number of aliphatic hydroxyl groups is 1. The predicted octanol–water partition coefficient (Wildman–Crippen LogP) is 1.26. The van der Waals surface area contributed by atoms with Crippen molar-refractivity contribution in [3.05, 3.63) is 0 Å². The van der Waals surface area contributed by atoms with Crippen LogP contribution in [0.1, 0.15) is 6.92 Å². The van der Waals surface area contributed by atoms with E-state index in [0.29, 0.717) is 0 Å². The van der Waals surface area contributed by atoms with Gasteiger partial charge in [-0.1, -0.05) is 0 Å². The van der Waals surface area contributed by atoms with Crippen LogP contribution in [0.15, 0.2) is 0 Å². The molecule has 0 bridgehead atoms. The summed E-state index contributed by atoms with van der Waals surface area (Å²) >= 11 is -5.22. The van der Waals surface area contributed by atoms with Crippen LogP contribution in [0.4, 0.5) is 4.81 Å². The first-order valence-corrected chi connectivity index (χ1v) is 5.79. The molecule has 0 unspecified atom stereocenters. The molecule has 0 spiro atoms. The molecule has 0 aliphatic rings. The summed E-state index contributed by atoms with van der Waals surface area (Å²) in [5.74, 6) is 0. The third-order valence-corrected chi connectivity index (χ3v) is 0. The molecule has 0 aromatic rings. The Hall–Kier alpha value is 0.945. The zero-order chi connectivity index (χ0) is 6.28. The Morgan fingerprint density at radius 2 is 1.43 bits per heavy atom. The SMILES string of the molecule is CCO.[F][La]([F])[F]. The molecule has 0 saturated carbocycles. The summed E-state index contributed by atoms with van der Waals surface area (Å²) in [4.78, 5) is 0. The molecule has 44 valence electrons. The van der Waals surface area contributed by atoms with Crippen molar-refractivity contribution in [2.45, 2.75) is 6.92 Å². The van der Waals surface area contributed by atoms with Gasteiger partial charge in [-0.15, -0.1) is 0 Å². The maximum absolute atomic E-state index is 9.89. The number of aliphatic hydroxyl groups excluding tert-OH is 1. The van der Waals surface area contributed by atoms with E-state index in [2.05, 4.69) is 0 Å². The molecule has 0 radical (unpaired) electrons. The van der Waals surface area contributed by atoms with Crippen LogP contribution in [0.3, 0.4) is 0 Å². The van der Waals surface area contributed by atoms with Gasteiger partial charge in [-0.25, -0.2) is 0 Å². The summed E-state index contributed by atoms with van der Waals surface area (Å²) in [6, 6.07) is 0. The molecular weight excluding hydrogens is 236 g/mol. The van der Waals surface area contributed by atoms with Gasteiger partial charge in [-0.2, -0.15) is 0 Å². The van der Waals surface area contributed by atoms with Crippen molar-refractivity contribution in [2.24, 2.45) is 0 Å². The van der Waals surface area contributed by atoms with Crippen LogP contribution >= 0.6 is 0 Å². The van der Waals surface area contributed by atoms with E-state index in [9.17, 15) is 4.81 Å². The first-order valence-electron chi connectivity index (χ1n) is 1.68. The molecule has 5 heteroatoms. The maximum atomic E-state index is 9.89. The van der Waals surface area contributed by atoms with Gasteiger partial charge in [0.25, 0.3) is 0 Å². The molecule has 1 nitrogen and oxygen atoms in total. The van der Waals surface area contributed by atoms with Crippen LogP contribution in [0.5, 0.6) is 0 Å². The molecule has 0 aromatic heterocycles. The molecule has 0 rings (SSSR count). The van der Waals surface area contributed by atoms with E-state index in [-0.39, 0.29) is 6.61 Å². The van der Waals surface area contributed by atoms with Gasteiger partial charge in [0.15, 0.2) is 0 Å². The topological polar surface area (TPSA) is 20.2 Å². The van der Waals surface area contributed by atoms with Crippen LogP contribution in [0.25, 0.3) is 0 Å². The van der Waals surface area contributed by atoms with E-state index in [1.54, 1.807) is 6.92 Å². The number of rotatable bonds is 0. The Bertz CT molecular complexity index is 24.1. The summed E-state index contributed by atoms with van der Waals surface area (Å²) < 4.78 is 29.7. The quantitative estimate of drug-likeness (QED) is 0.677. The van der Waals surface area contributed by atoms with Crippen LogP contribution in [0, 0.1) is 32.2 Å². The van der Waals surface area contributed by atoms with Gasteiger partial charge in [-0.3, -0.25) is 0 Å². The third-order valence-electron chi connectivity index (χ3n) is 0. The Labute approximate surface area is 55.5 Å². The Morgan fingerprint density at radius 1 is 1.43 bits per heavy atom. The van der Waals surface area contributed by atoms with E-state index < -0.39 is 32.2 Å². The molecule has 0 heterocycles. The van der Waals surface area contributed by atoms with Gasteiger partial charge in [0, 0.05) is 6.61 Å². The van der Waals surface area contributed by atoms with Gasteiger partial charge in [0.1, 0.15) is 0 Å². The molecule has 0 atom stereocenters. The zero-order valence-corrected chi connectivity index (χ0v) is 7.49. The molecule has 0 fully saturated rings. The monoisotopic (exact) mass is 242 g/mol. The first kappa shape index (κ1) is 10.8. The van der Waals surface area contributed by atoms with Crippen molar-refractivity contribution in [2.75, 3.05) is 6.61 Å². The second kappa shape index (κ2) is 10.0. The van der Waals surface area contributed by atoms with Crippen molar-refractivity contribution in [1.82, 2.24) is 0 Å². The van der Waals surface area contributed by atoms with Crippen LogP contribution in [-0.2, 0) is 0 Å². The van der Waals surface area contributed by atoms with Crippen LogP contribution in [-0.4, -0.2) is 11.7 Å². The van der Waals surface area contributed by atoms with Gasteiger partial charge < -0.3 is 5.11 Å². The Kier molecular flexibility index (Phi) is 15.5. The second-order valence-electron chi connectivity index (χ2n) is 0.564. The van der Waals surface area contributed by atoms with Crippen molar-refractivity contribution < 1.29 is 42.2 Å². The number of hydrogen-bond acceptors (Lipinski definition) is 1. The average Bonchev–Trinajstić information content (AvgIpc) is 1.33. The summed E-state index contributed by atoms with van der Waals surface area (Å²) in [5.41, 5.74) is 0.